The van der Waals surface area contributed by atoms with E-state index in [-0.39, 0.29) is 6.10 Å². The fourth-order valence-electron chi connectivity index (χ4n) is 1.66. The number of halogens is 1. The number of benzene rings is 1. The number of fused-ring (bicyclic) bond motifs is 1. The highest BCUT2D eigenvalue weighted by Crippen LogP contribution is 2.35. The lowest BCUT2D eigenvalue weighted by Crippen LogP contribution is -1.91. The van der Waals surface area contributed by atoms with Crippen LogP contribution in [-0.4, -0.2) is 0 Å². The molecule has 12 heavy (non-hydrogen) atoms. The van der Waals surface area contributed by atoms with Crippen LogP contribution in [0.25, 0.3) is 0 Å². The van der Waals surface area contributed by atoms with E-state index in [4.69, 9.17) is 4.18 Å². The molecule has 0 radical (unpaired) electrons. The molecule has 0 amide bonds. The van der Waals surface area contributed by atoms with Gasteiger partial charge in [-0.2, -0.15) is 0 Å². The third-order valence-electron chi connectivity index (χ3n) is 2.26. The number of aryl methyl sites for hydroxylation is 1. The highest BCUT2D eigenvalue weighted by molar-refractivity contribution is 9.10. The molecule has 0 heterocycles. The Morgan fingerprint density at radius 3 is 3.08 bits per heavy atom. The van der Waals surface area contributed by atoms with Gasteiger partial charge < -0.3 is 4.18 Å². The molecule has 0 saturated heterocycles. The van der Waals surface area contributed by atoms with Crippen molar-refractivity contribution in [3.63, 3.8) is 0 Å². The van der Waals surface area contributed by atoms with Crippen LogP contribution in [0, 0.1) is 0 Å². The Morgan fingerprint density at radius 1 is 1.50 bits per heavy atom. The molecule has 0 aliphatic heterocycles. The van der Waals surface area contributed by atoms with Gasteiger partial charge in [0.2, 0.25) is 0 Å². The largest absolute Gasteiger partial charge is 0.311 e. The predicted octanol–water partition coefficient (Wildman–Crippen LogP) is 3.30. The summed E-state index contributed by atoms with van der Waals surface area (Å²) in [5, 5.41) is 0. The van der Waals surface area contributed by atoms with Crippen LogP contribution in [0.5, 0.6) is 0 Å². The zero-order valence-corrected chi connectivity index (χ0v) is 8.94. The summed E-state index contributed by atoms with van der Waals surface area (Å²) < 4.78 is 6.20. The van der Waals surface area contributed by atoms with Gasteiger partial charge in [-0.25, -0.2) is 0 Å². The molecule has 0 saturated carbocycles. The van der Waals surface area contributed by atoms with Crippen molar-refractivity contribution in [3.8, 4) is 0 Å². The summed E-state index contributed by atoms with van der Waals surface area (Å²) in [6.45, 7) is 0. The predicted molar refractivity (Wildman–Crippen MR) is 55.3 cm³/mol. The molecule has 0 aromatic heterocycles. The van der Waals surface area contributed by atoms with Crippen molar-refractivity contribution in [2.75, 3.05) is 0 Å². The number of hydrogen-bond acceptors (Lipinski definition) is 2. The first-order valence-corrected chi connectivity index (χ1v) is 5.05. The van der Waals surface area contributed by atoms with Crippen LogP contribution in [0.2, 0.25) is 0 Å². The van der Waals surface area contributed by atoms with Crippen molar-refractivity contribution in [1.82, 2.24) is 0 Å². The van der Waals surface area contributed by atoms with E-state index in [0.717, 1.165) is 17.3 Å². The Hall–Kier alpha value is 0.01000. The first-order chi connectivity index (χ1) is 5.81. The highest BCUT2D eigenvalue weighted by atomic mass is 79.9. The minimum atomic E-state index is 0.191. The molecule has 1 unspecified atom stereocenters. The van der Waals surface area contributed by atoms with Crippen molar-refractivity contribution in [2.45, 2.75) is 18.9 Å². The zero-order valence-electron chi connectivity index (χ0n) is 6.46. The number of rotatable bonds is 1. The minimum Gasteiger partial charge on any atom is -0.311 e. The Kier molecular flexibility index (Phi) is 2.44. The van der Waals surface area contributed by atoms with Crippen LogP contribution >= 0.6 is 28.8 Å². The average molecular weight is 245 g/mol. The lowest BCUT2D eigenvalue weighted by atomic mass is 10.1. The molecule has 1 nitrogen and oxygen atoms in total. The summed E-state index contributed by atoms with van der Waals surface area (Å²) >= 11 is 7.30. The summed E-state index contributed by atoms with van der Waals surface area (Å²) in [7, 11) is 0. The fraction of sp³-hybridized carbons (Fsp3) is 0.333. The van der Waals surface area contributed by atoms with E-state index in [9.17, 15) is 0 Å². The molecule has 0 fully saturated rings. The normalized spacial score (nSPS) is 21.0. The van der Waals surface area contributed by atoms with Gasteiger partial charge in [-0.3, -0.25) is 0 Å². The van der Waals surface area contributed by atoms with E-state index < -0.39 is 0 Å². The molecule has 64 valence electrons. The molecule has 1 atom stereocenters. The molecular weight excluding hydrogens is 236 g/mol. The van der Waals surface area contributed by atoms with Gasteiger partial charge in [-0.05, 0) is 49.0 Å². The van der Waals surface area contributed by atoms with Gasteiger partial charge in [0.15, 0.2) is 0 Å². The quantitative estimate of drug-likeness (QED) is 0.590. The maximum atomic E-state index is 5.06. The third kappa shape index (κ3) is 1.41. The summed E-state index contributed by atoms with van der Waals surface area (Å²) in [5.74, 6) is 0. The van der Waals surface area contributed by atoms with Crippen LogP contribution in [0.3, 0.4) is 0 Å². The molecule has 1 aliphatic rings. The van der Waals surface area contributed by atoms with Crippen molar-refractivity contribution in [1.29, 1.82) is 0 Å². The average Bonchev–Trinajstić information content (AvgIpc) is 2.46. The van der Waals surface area contributed by atoms with Crippen molar-refractivity contribution >= 4 is 28.8 Å². The number of hydrogen-bond donors (Lipinski definition) is 1. The second kappa shape index (κ2) is 3.40. The van der Waals surface area contributed by atoms with Crippen molar-refractivity contribution in [3.05, 3.63) is 33.8 Å². The molecule has 0 bridgehead atoms. The second-order valence-electron chi connectivity index (χ2n) is 2.98. The standard InChI is InChI=1S/C9H9BrOS/c10-7-2-3-8-6(5-7)1-4-9(8)11-12/h2-3,5,9,12H,1,4H2. The van der Waals surface area contributed by atoms with Crippen LogP contribution in [0.15, 0.2) is 22.7 Å². The lowest BCUT2D eigenvalue weighted by molar-refractivity contribution is 0.255. The third-order valence-corrected chi connectivity index (χ3v) is 3.00. The molecule has 3 heteroatoms. The Morgan fingerprint density at radius 2 is 2.33 bits per heavy atom. The van der Waals surface area contributed by atoms with Gasteiger partial charge >= 0.3 is 0 Å². The first-order valence-electron chi connectivity index (χ1n) is 3.90. The van der Waals surface area contributed by atoms with E-state index >= 15 is 0 Å². The molecule has 0 N–H and O–H groups in total. The van der Waals surface area contributed by atoms with Gasteiger partial charge in [0.05, 0.1) is 6.10 Å². The minimum absolute atomic E-state index is 0.191. The summed E-state index contributed by atoms with van der Waals surface area (Å²) in [4.78, 5) is 0. The fourth-order valence-corrected chi connectivity index (χ4v) is 2.28. The van der Waals surface area contributed by atoms with Gasteiger partial charge in [0.25, 0.3) is 0 Å². The summed E-state index contributed by atoms with van der Waals surface area (Å²) in [6, 6.07) is 6.30. The summed E-state index contributed by atoms with van der Waals surface area (Å²) in [5.41, 5.74) is 2.66. The zero-order chi connectivity index (χ0) is 8.55. The maximum Gasteiger partial charge on any atom is 0.0974 e. The smallest absolute Gasteiger partial charge is 0.0974 e. The summed E-state index contributed by atoms with van der Waals surface area (Å²) in [6.07, 6.45) is 2.34. The molecule has 0 spiro atoms. The maximum absolute atomic E-state index is 5.06. The van der Waals surface area contributed by atoms with E-state index in [1.54, 1.807) is 0 Å². The Bertz CT molecular complexity index is 301. The SMILES string of the molecule is SOC1CCc2cc(Br)ccc21. The van der Waals surface area contributed by atoms with Crippen molar-refractivity contribution in [2.24, 2.45) is 0 Å². The van der Waals surface area contributed by atoms with E-state index in [1.165, 1.54) is 11.1 Å². The molecule has 2 rings (SSSR count). The first kappa shape index (κ1) is 8.60. The van der Waals surface area contributed by atoms with Crippen LogP contribution in [-0.2, 0) is 10.6 Å². The van der Waals surface area contributed by atoms with E-state index in [0.29, 0.717) is 0 Å². The molecule has 1 aromatic rings. The van der Waals surface area contributed by atoms with E-state index in [1.807, 2.05) is 6.07 Å². The topological polar surface area (TPSA) is 9.23 Å². The van der Waals surface area contributed by atoms with Crippen LogP contribution in [0.1, 0.15) is 23.7 Å². The Labute approximate surface area is 85.9 Å². The molecule has 1 aliphatic carbocycles. The van der Waals surface area contributed by atoms with Gasteiger partial charge in [-0.1, -0.05) is 22.0 Å². The Balaban J connectivity index is 2.40. The highest BCUT2D eigenvalue weighted by Gasteiger charge is 2.22. The van der Waals surface area contributed by atoms with Gasteiger partial charge in [0.1, 0.15) is 0 Å². The number of thiol groups is 1. The van der Waals surface area contributed by atoms with Gasteiger partial charge in [-0.15, -0.1) is 0 Å². The molecule has 1 aromatic carbocycles. The van der Waals surface area contributed by atoms with Crippen LogP contribution < -0.4 is 0 Å². The van der Waals surface area contributed by atoms with Gasteiger partial charge in [0, 0.05) is 4.47 Å². The van der Waals surface area contributed by atoms with E-state index in [2.05, 4.69) is 41.0 Å². The lowest BCUT2D eigenvalue weighted by Gasteiger charge is -2.06. The molecular formula is C9H9BrOS. The monoisotopic (exact) mass is 244 g/mol. The van der Waals surface area contributed by atoms with Crippen molar-refractivity contribution < 1.29 is 4.18 Å². The second-order valence-corrected chi connectivity index (χ2v) is 4.10. The van der Waals surface area contributed by atoms with Crippen LogP contribution in [0.4, 0.5) is 0 Å².